The van der Waals surface area contributed by atoms with Crippen LogP contribution in [0.1, 0.15) is 52.4 Å². The van der Waals surface area contributed by atoms with Crippen molar-refractivity contribution in [2.45, 2.75) is 45.1 Å². The van der Waals surface area contributed by atoms with Crippen molar-refractivity contribution in [3.63, 3.8) is 0 Å². The average Bonchev–Trinajstić information content (AvgIpc) is 3.27. The summed E-state index contributed by atoms with van der Waals surface area (Å²) < 4.78 is 0. The van der Waals surface area contributed by atoms with E-state index in [0.717, 1.165) is 33.3 Å². The molecule has 1 aromatic heterocycles. The number of hydrogen-bond acceptors (Lipinski definition) is 3. The summed E-state index contributed by atoms with van der Waals surface area (Å²) in [7, 11) is 0. The number of benzene rings is 1. The summed E-state index contributed by atoms with van der Waals surface area (Å²) in [6, 6.07) is 6.18. The predicted octanol–water partition coefficient (Wildman–Crippen LogP) is 2.94. The number of nitrogens with zero attached hydrogens (tertiary/aromatic N) is 2. The van der Waals surface area contributed by atoms with Gasteiger partial charge in [0.15, 0.2) is 0 Å². The zero-order valence-corrected chi connectivity index (χ0v) is 13.7. The second-order valence-electron chi connectivity index (χ2n) is 7.04. The van der Waals surface area contributed by atoms with Crippen molar-refractivity contribution >= 4 is 16.8 Å². The maximum absolute atomic E-state index is 13.0. The molecule has 23 heavy (non-hydrogen) atoms. The Morgan fingerprint density at radius 2 is 2.00 bits per heavy atom. The van der Waals surface area contributed by atoms with Gasteiger partial charge in [-0.3, -0.25) is 9.78 Å². The number of aryl methyl sites for hydroxylation is 2. The van der Waals surface area contributed by atoms with Gasteiger partial charge in [0.05, 0.1) is 17.2 Å². The Kier molecular flexibility index (Phi) is 3.38. The highest BCUT2D eigenvalue weighted by Gasteiger charge is 2.30. The summed E-state index contributed by atoms with van der Waals surface area (Å²) >= 11 is 0. The standard InChI is InChI=1S/C19H22N2O2/c1-11-7-12(2)18-15(8-11)16(9-17(20-18)13-3-4-13)19(23)21-6-5-14(22)10-21/h7-9,13-14,22H,3-6,10H2,1-2H3/t14-/m1/s1. The summed E-state index contributed by atoms with van der Waals surface area (Å²) in [5.74, 6) is 0.539. The van der Waals surface area contributed by atoms with E-state index in [1.54, 1.807) is 4.90 Å². The van der Waals surface area contributed by atoms with Crippen LogP contribution in [0, 0.1) is 13.8 Å². The van der Waals surface area contributed by atoms with E-state index in [2.05, 4.69) is 26.0 Å². The smallest absolute Gasteiger partial charge is 0.254 e. The molecule has 2 heterocycles. The lowest BCUT2D eigenvalue weighted by molar-refractivity contribution is 0.0766. The molecule has 1 aliphatic carbocycles. The zero-order valence-electron chi connectivity index (χ0n) is 13.7. The van der Waals surface area contributed by atoms with Gasteiger partial charge in [0.25, 0.3) is 5.91 Å². The summed E-state index contributed by atoms with van der Waals surface area (Å²) in [5, 5.41) is 10.7. The van der Waals surface area contributed by atoms with Gasteiger partial charge < -0.3 is 10.0 Å². The Balaban J connectivity index is 1.87. The van der Waals surface area contributed by atoms with Crippen molar-refractivity contribution in [2.75, 3.05) is 13.1 Å². The first-order valence-electron chi connectivity index (χ1n) is 8.42. The van der Waals surface area contributed by atoms with Crippen LogP contribution in [0.5, 0.6) is 0 Å². The van der Waals surface area contributed by atoms with Crippen LogP contribution in [0.25, 0.3) is 10.9 Å². The van der Waals surface area contributed by atoms with E-state index >= 15 is 0 Å². The summed E-state index contributed by atoms with van der Waals surface area (Å²) in [5.41, 5.74) is 5.01. The maximum Gasteiger partial charge on any atom is 0.254 e. The van der Waals surface area contributed by atoms with Gasteiger partial charge in [0, 0.05) is 30.1 Å². The number of β-amino-alcohol motifs (C(OH)–C–C–N with tert-alkyl or cyclic N) is 1. The summed E-state index contributed by atoms with van der Waals surface area (Å²) in [4.78, 5) is 19.6. The molecule has 1 aliphatic heterocycles. The number of amides is 1. The molecule has 0 spiro atoms. The molecule has 2 aromatic rings. The first-order valence-corrected chi connectivity index (χ1v) is 8.42. The lowest BCUT2D eigenvalue weighted by atomic mass is 10.00. The molecule has 4 heteroatoms. The fourth-order valence-electron chi connectivity index (χ4n) is 3.56. The fraction of sp³-hybridized carbons (Fsp3) is 0.474. The van der Waals surface area contributed by atoms with Crippen LogP contribution >= 0.6 is 0 Å². The van der Waals surface area contributed by atoms with E-state index in [1.807, 2.05) is 6.07 Å². The van der Waals surface area contributed by atoms with Gasteiger partial charge in [-0.25, -0.2) is 0 Å². The lowest BCUT2D eigenvalue weighted by Crippen LogP contribution is -2.30. The highest BCUT2D eigenvalue weighted by atomic mass is 16.3. The molecule has 120 valence electrons. The number of aliphatic hydroxyl groups excluding tert-OH is 1. The first kappa shape index (κ1) is 14.6. The predicted molar refractivity (Wildman–Crippen MR) is 89.7 cm³/mol. The Morgan fingerprint density at radius 3 is 2.65 bits per heavy atom. The number of carbonyl (C=O) groups excluding carboxylic acids is 1. The van der Waals surface area contributed by atoms with E-state index in [-0.39, 0.29) is 5.91 Å². The Bertz CT molecular complexity index is 796. The molecular formula is C19H22N2O2. The first-order chi connectivity index (χ1) is 11.0. The van der Waals surface area contributed by atoms with Crippen molar-refractivity contribution in [3.05, 3.63) is 40.6 Å². The molecule has 4 rings (SSSR count). The number of likely N-dealkylation sites (tertiary alicyclic amines) is 1. The molecule has 0 bridgehead atoms. The topological polar surface area (TPSA) is 53.4 Å². The number of pyridine rings is 1. The van der Waals surface area contributed by atoms with Crippen LogP contribution in [0.15, 0.2) is 18.2 Å². The SMILES string of the molecule is Cc1cc(C)c2nc(C3CC3)cc(C(=O)N3CC[C@@H](O)C3)c2c1. The minimum Gasteiger partial charge on any atom is -0.391 e. The molecule has 0 radical (unpaired) electrons. The number of rotatable bonds is 2. The molecule has 1 aromatic carbocycles. The van der Waals surface area contributed by atoms with Crippen LogP contribution in [0.4, 0.5) is 0 Å². The van der Waals surface area contributed by atoms with Gasteiger partial charge >= 0.3 is 0 Å². The third kappa shape index (κ3) is 2.61. The molecule has 1 amide bonds. The van der Waals surface area contributed by atoms with E-state index in [1.165, 1.54) is 12.8 Å². The van der Waals surface area contributed by atoms with Crippen LogP contribution in [0.2, 0.25) is 0 Å². The monoisotopic (exact) mass is 310 g/mol. The Labute approximate surface area is 136 Å². The number of hydrogen-bond donors (Lipinski definition) is 1. The number of carbonyl (C=O) groups is 1. The molecule has 1 saturated carbocycles. The minimum absolute atomic E-state index is 0.0286. The average molecular weight is 310 g/mol. The quantitative estimate of drug-likeness (QED) is 0.928. The lowest BCUT2D eigenvalue weighted by Gasteiger charge is -2.18. The van der Waals surface area contributed by atoms with Crippen molar-refractivity contribution in [3.8, 4) is 0 Å². The van der Waals surface area contributed by atoms with E-state index < -0.39 is 6.10 Å². The zero-order chi connectivity index (χ0) is 16.1. The largest absolute Gasteiger partial charge is 0.391 e. The minimum atomic E-state index is -0.390. The highest BCUT2D eigenvalue weighted by molar-refractivity contribution is 6.07. The third-order valence-electron chi connectivity index (χ3n) is 4.94. The summed E-state index contributed by atoms with van der Waals surface area (Å²) in [6.45, 7) is 5.18. The fourth-order valence-corrected chi connectivity index (χ4v) is 3.56. The van der Waals surface area contributed by atoms with Crippen LogP contribution < -0.4 is 0 Å². The highest BCUT2D eigenvalue weighted by Crippen LogP contribution is 2.40. The number of aliphatic hydroxyl groups is 1. The number of aromatic nitrogens is 1. The second kappa shape index (κ2) is 5.31. The van der Waals surface area contributed by atoms with Crippen LogP contribution in [-0.4, -0.2) is 40.1 Å². The summed E-state index contributed by atoms with van der Waals surface area (Å²) in [6.07, 6.45) is 2.61. The van der Waals surface area contributed by atoms with Gasteiger partial charge in [-0.2, -0.15) is 0 Å². The van der Waals surface area contributed by atoms with Crippen molar-refractivity contribution in [2.24, 2.45) is 0 Å². The third-order valence-corrected chi connectivity index (χ3v) is 4.94. The molecule has 1 N–H and O–H groups in total. The van der Waals surface area contributed by atoms with Crippen LogP contribution in [0.3, 0.4) is 0 Å². The normalized spacial score (nSPS) is 21.2. The molecule has 4 nitrogen and oxygen atoms in total. The van der Waals surface area contributed by atoms with Gasteiger partial charge in [-0.05, 0) is 50.8 Å². The van der Waals surface area contributed by atoms with E-state index in [4.69, 9.17) is 4.98 Å². The molecule has 0 unspecified atom stereocenters. The van der Waals surface area contributed by atoms with Crippen molar-refractivity contribution in [1.29, 1.82) is 0 Å². The Morgan fingerprint density at radius 1 is 1.22 bits per heavy atom. The van der Waals surface area contributed by atoms with E-state index in [9.17, 15) is 9.90 Å². The van der Waals surface area contributed by atoms with Crippen LogP contribution in [-0.2, 0) is 0 Å². The molecule has 2 aliphatic rings. The van der Waals surface area contributed by atoms with Gasteiger partial charge in [-0.1, -0.05) is 11.6 Å². The maximum atomic E-state index is 13.0. The second-order valence-corrected chi connectivity index (χ2v) is 7.04. The molecule has 1 saturated heterocycles. The van der Waals surface area contributed by atoms with Crippen molar-refractivity contribution in [1.82, 2.24) is 9.88 Å². The van der Waals surface area contributed by atoms with Gasteiger partial charge in [-0.15, -0.1) is 0 Å². The van der Waals surface area contributed by atoms with Gasteiger partial charge in [0.2, 0.25) is 0 Å². The van der Waals surface area contributed by atoms with E-state index in [0.29, 0.717) is 25.4 Å². The van der Waals surface area contributed by atoms with Gasteiger partial charge in [0.1, 0.15) is 0 Å². The molecular weight excluding hydrogens is 288 g/mol. The molecule has 1 atom stereocenters. The molecule has 2 fully saturated rings. The number of fused-ring (bicyclic) bond motifs is 1. The Hall–Kier alpha value is -1.94. The van der Waals surface area contributed by atoms with Crippen molar-refractivity contribution < 1.29 is 9.90 Å².